The summed E-state index contributed by atoms with van der Waals surface area (Å²) in [6.45, 7) is 0. The first-order chi connectivity index (χ1) is 13.2. The molecule has 5 rings (SSSR count). The van der Waals surface area contributed by atoms with Gasteiger partial charge < -0.3 is 4.90 Å². The highest BCUT2D eigenvalue weighted by Crippen LogP contribution is 2.36. The van der Waals surface area contributed by atoms with Crippen LogP contribution in [0.5, 0.6) is 0 Å². The van der Waals surface area contributed by atoms with Gasteiger partial charge in [-0.2, -0.15) is 5.10 Å². The molecule has 0 bridgehead atoms. The van der Waals surface area contributed by atoms with E-state index in [2.05, 4.69) is 36.4 Å². The lowest BCUT2D eigenvalue weighted by atomic mass is 10.1. The van der Waals surface area contributed by atoms with Crippen LogP contribution in [0.4, 0.5) is 0 Å². The maximum absolute atomic E-state index is 13.4. The van der Waals surface area contributed by atoms with E-state index < -0.39 is 0 Å². The number of hydrogen-bond donors (Lipinski definition) is 0. The number of carbonyl (C=O) groups is 1. The summed E-state index contributed by atoms with van der Waals surface area (Å²) < 4.78 is 1.98. The Kier molecular flexibility index (Phi) is 3.85. The Bertz CT molecular complexity index is 1010. The highest BCUT2D eigenvalue weighted by molar-refractivity contribution is 5.94. The van der Waals surface area contributed by atoms with Gasteiger partial charge in [0.2, 0.25) is 0 Å². The number of hydrogen-bond acceptors (Lipinski definition) is 2. The van der Waals surface area contributed by atoms with Gasteiger partial charge in [-0.25, -0.2) is 4.68 Å². The van der Waals surface area contributed by atoms with Gasteiger partial charge in [0.25, 0.3) is 5.91 Å². The molecular formula is C23H23N3O. The second-order valence-corrected chi connectivity index (χ2v) is 7.54. The summed E-state index contributed by atoms with van der Waals surface area (Å²) >= 11 is 0. The maximum atomic E-state index is 13.4. The highest BCUT2D eigenvalue weighted by atomic mass is 16.2. The van der Waals surface area contributed by atoms with Gasteiger partial charge in [-0.15, -0.1) is 0 Å². The summed E-state index contributed by atoms with van der Waals surface area (Å²) in [5, 5.41) is 4.78. The van der Waals surface area contributed by atoms with E-state index in [4.69, 9.17) is 5.10 Å². The molecule has 1 aromatic heterocycles. The number of amides is 1. The minimum atomic E-state index is 0.0459. The fourth-order valence-electron chi connectivity index (χ4n) is 4.64. The molecule has 1 atom stereocenters. The molecule has 27 heavy (non-hydrogen) atoms. The zero-order chi connectivity index (χ0) is 18.4. The fourth-order valence-corrected chi connectivity index (χ4v) is 4.64. The zero-order valence-corrected chi connectivity index (χ0v) is 15.6. The van der Waals surface area contributed by atoms with E-state index in [1.807, 2.05) is 34.8 Å². The van der Waals surface area contributed by atoms with E-state index in [9.17, 15) is 4.79 Å². The van der Waals surface area contributed by atoms with Gasteiger partial charge in [-0.1, -0.05) is 42.5 Å². The Morgan fingerprint density at radius 3 is 2.67 bits per heavy atom. The Hall–Kier alpha value is -2.88. The Labute approximate surface area is 159 Å². The number of rotatable bonds is 3. The summed E-state index contributed by atoms with van der Waals surface area (Å²) in [4.78, 5) is 15.3. The molecule has 1 amide bonds. The van der Waals surface area contributed by atoms with E-state index in [0.717, 1.165) is 43.4 Å². The summed E-state index contributed by atoms with van der Waals surface area (Å²) in [6.07, 6.45) is 5.05. The molecule has 1 heterocycles. The first-order valence-corrected chi connectivity index (χ1v) is 9.75. The van der Waals surface area contributed by atoms with Crippen molar-refractivity contribution in [1.82, 2.24) is 14.7 Å². The molecule has 3 aromatic rings. The molecule has 0 radical (unpaired) electrons. The van der Waals surface area contributed by atoms with Crippen molar-refractivity contribution in [2.75, 3.05) is 7.05 Å². The van der Waals surface area contributed by atoms with Gasteiger partial charge in [-0.05, 0) is 55.4 Å². The van der Waals surface area contributed by atoms with Crippen LogP contribution < -0.4 is 0 Å². The first-order valence-electron chi connectivity index (χ1n) is 9.75. The van der Waals surface area contributed by atoms with Crippen molar-refractivity contribution in [3.63, 3.8) is 0 Å². The normalized spacial score (nSPS) is 17.6. The van der Waals surface area contributed by atoms with Crippen LogP contribution in [0.15, 0.2) is 54.6 Å². The lowest BCUT2D eigenvalue weighted by Gasteiger charge is -2.25. The summed E-state index contributed by atoms with van der Waals surface area (Å²) in [5.74, 6) is 0.0459. The number of aromatic nitrogens is 2. The van der Waals surface area contributed by atoms with Gasteiger partial charge in [0.05, 0.1) is 11.7 Å². The second kappa shape index (κ2) is 6.38. The molecule has 0 saturated heterocycles. The zero-order valence-electron chi connectivity index (χ0n) is 15.6. The van der Waals surface area contributed by atoms with Crippen molar-refractivity contribution < 1.29 is 4.79 Å². The third kappa shape index (κ3) is 2.59. The Balaban J connectivity index is 1.51. The van der Waals surface area contributed by atoms with E-state index in [1.54, 1.807) is 0 Å². The molecule has 2 aromatic carbocycles. The number of carbonyl (C=O) groups excluding carboxylic acids is 1. The smallest absolute Gasteiger partial charge is 0.274 e. The topological polar surface area (TPSA) is 38.1 Å². The molecule has 4 heteroatoms. The minimum absolute atomic E-state index is 0.0459. The van der Waals surface area contributed by atoms with Crippen molar-refractivity contribution in [2.45, 2.75) is 38.1 Å². The largest absolute Gasteiger partial charge is 0.333 e. The third-order valence-corrected chi connectivity index (χ3v) is 6.02. The van der Waals surface area contributed by atoms with Crippen LogP contribution in [0, 0.1) is 0 Å². The van der Waals surface area contributed by atoms with Crippen molar-refractivity contribution in [3.05, 3.63) is 82.7 Å². The molecule has 0 saturated carbocycles. The molecule has 0 fully saturated rings. The third-order valence-electron chi connectivity index (χ3n) is 6.02. The number of aryl methyl sites for hydroxylation is 1. The predicted octanol–water partition coefficient (Wildman–Crippen LogP) is 4.12. The van der Waals surface area contributed by atoms with Gasteiger partial charge >= 0.3 is 0 Å². The van der Waals surface area contributed by atoms with Crippen molar-refractivity contribution in [3.8, 4) is 5.69 Å². The first kappa shape index (κ1) is 16.3. The molecule has 0 aliphatic heterocycles. The maximum Gasteiger partial charge on any atom is 0.274 e. The molecule has 136 valence electrons. The fraction of sp³-hybridized carbons (Fsp3) is 0.304. The van der Waals surface area contributed by atoms with Crippen LogP contribution >= 0.6 is 0 Å². The summed E-state index contributed by atoms with van der Waals surface area (Å²) in [6, 6.07) is 18.8. The Morgan fingerprint density at radius 1 is 1.04 bits per heavy atom. The van der Waals surface area contributed by atoms with Gasteiger partial charge in [-0.3, -0.25) is 4.79 Å². The lowest BCUT2D eigenvalue weighted by molar-refractivity contribution is 0.0723. The van der Waals surface area contributed by atoms with E-state index in [1.165, 1.54) is 16.8 Å². The van der Waals surface area contributed by atoms with Crippen LogP contribution in [0.1, 0.15) is 51.8 Å². The SMILES string of the molecule is CN(C(=O)c1nn(-c2ccccc2)c2c1CCC2)C1CCc2ccccc21. The molecule has 4 nitrogen and oxygen atoms in total. The Morgan fingerprint density at radius 2 is 1.81 bits per heavy atom. The summed E-state index contributed by atoms with van der Waals surface area (Å²) in [7, 11) is 1.93. The molecular weight excluding hydrogens is 334 g/mol. The van der Waals surface area contributed by atoms with Crippen molar-refractivity contribution >= 4 is 5.91 Å². The molecule has 0 spiro atoms. The summed E-state index contributed by atoms with van der Waals surface area (Å²) in [5.41, 5.74) is 6.66. The molecule has 0 N–H and O–H groups in total. The average Bonchev–Trinajstić information content (AvgIpc) is 3.42. The molecule has 2 aliphatic rings. The van der Waals surface area contributed by atoms with Crippen LogP contribution in [-0.4, -0.2) is 27.6 Å². The lowest BCUT2D eigenvalue weighted by Crippen LogP contribution is -2.31. The van der Waals surface area contributed by atoms with Gasteiger partial charge in [0, 0.05) is 18.3 Å². The van der Waals surface area contributed by atoms with Crippen LogP contribution in [0.25, 0.3) is 5.69 Å². The highest BCUT2D eigenvalue weighted by Gasteiger charge is 2.33. The van der Waals surface area contributed by atoms with Crippen LogP contribution in [0.3, 0.4) is 0 Å². The van der Waals surface area contributed by atoms with Crippen LogP contribution in [-0.2, 0) is 19.3 Å². The predicted molar refractivity (Wildman–Crippen MR) is 105 cm³/mol. The van der Waals surface area contributed by atoms with Gasteiger partial charge in [0.1, 0.15) is 0 Å². The van der Waals surface area contributed by atoms with E-state index >= 15 is 0 Å². The van der Waals surface area contributed by atoms with Crippen molar-refractivity contribution in [2.24, 2.45) is 0 Å². The quantitative estimate of drug-likeness (QED) is 0.707. The standard InChI is InChI=1S/C23H23N3O/c1-25(20-15-14-16-8-5-6-11-18(16)20)23(27)22-19-12-7-13-21(19)26(24-22)17-9-3-2-4-10-17/h2-6,8-11,20H,7,12-15H2,1H3. The number of para-hydroxylation sites is 1. The van der Waals surface area contributed by atoms with E-state index in [-0.39, 0.29) is 11.9 Å². The molecule has 2 aliphatic carbocycles. The van der Waals surface area contributed by atoms with Crippen LogP contribution in [0.2, 0.25) is 0 Å². The number of benzene rings is 2. The minimum Gasteiger partial charge on any atom is -0.333 e. The number of fused-ring (bicyclic) bond motifs is 2. The average molecular weight is 357 g/mol. The van der Waals surface area contributed by atoms with Gasteiger partial charge in [0.15, 0.2) is 5.69 Å². The number of nitrogens with zero attached hydrogens (tertiary/aromatic N) is 3. The second-order valence-electron chi connectivity index (χ2n) is 7.54. The van der Waals surface area contributed by atoms with E-state index in [0.29, 0.717) is 5.69 Å². The monoisotopic (exact) mass is 357 g/mol. The van der Waals surface area contributed by atoms with Crippen molar-refractivity contribution in [1.29, 1.82) is 0 Å². The molecule has 1 unspecified atom stereocenters.